The van der Waals surface area contributed by atoms with Gasteiger partial charge in [-0.1, -0.05) is 127 Å². The molecule has 6 heterocycles. The van der Waals surface area contributed by atoms with Gasteiger partial charge >= 0.3 is 5.97 Å². The number of aliphatic hydroxyl groups is 1. The number of fused-ring (bicyclic) bond motifs is 2. The van der Waals surface area contributed by atoms with Crippen molar-refractivity contribution in [3.05, 3.63) is 47.1 Å². The third-order valence-corrected chi connectivity index (χ3v) is 35.1. The van der Waals surface area contributed by atoms with E-state index >= 15 is 4.79 Å². The van der Waals surface area contributed by atoms with E-state index < -0.39 is 104 Å². The Bertz CT molecular complexity index is 2370. The Morgan fingerprint density at radius 2 is 1.26 bits per heavy atom. The highest BCUT2D eigenvalue weighted by molar-refractivity contribution is 6.75. The SMILES string of the molecule is CC[C@H](C)[C@H]1O[C@@]2(C[C@@H]3C[C@@H](C/C=C(\C)[C@H](O[C@@H]4C[C@H](OC)[C@@H](O[C@H]5C[C@H](OC)[C@@H](O[Si](C)(C)C(C)(C)C)[C@H](C)O5)[C@H](C)O4)[C@@H](C)/C=C/C=C4\CO[C@@H]5[C@H](O[Si](C)(C)C(C)(C)C)C(C)=C[C@@H](C(=O)O3)[C@]45O)O2)C[C@H](O[Si](C)(C)C(C)(C)C)[C@@H]1C. The average molecular weight is 1230 g/mol. The molecule has 7 rings (SSSR count). The van der Waals surface area contributed by atoms with Crippen LogP contribution in [-0.4, -0.2) is 160 Å². The molecule has 0 aromatic rings. The monoisotopic (exact) mass is 1230 g/mol. The largest absolute Gasteiger partial charge is 0.462 e. The summed E-state index contributed by atoms with van der Waals surface area (Å²) in [6.45, 7) is 50.8. The standard InChI is InChI=1S/C66H116O15Si3/c1-26-39(2)56-43(6)52(79-82(20,21)62(9,10)11)37-65(78-56)36-48-33-47(77-65)31-30-41(4)55(40(3)28-27-29-46-38-71-60-57(80-83(22,23)63(12,13)14)42(5)32-49(61(67)74-48)66(46,60)68)75-53-34-50(69-18)58(44(7)72-53)76-54-35-51(70-19)59(45(8)73-54)81-84(24,25)64(15,16)17/h27-30,32,39-40,43-45,47-60,68H,26,31,33-38H2,1-25H3/b28-27+,41-30+,46-29+/t39-,40-,43-,44-,45-,47+,48-,49-,50-,51-,52-,53+,54-,55+,56+,57+,58-,59-,60+,65-,66+/m0/s1. The molecule has 5 saturated heterocycles. The molecule has 0 aromatic heterocycles. The predicted molar refractivity (Wildman–Crippen MR) is 337 cm³/mol. The number of methoxy groups -OCH3 is 2. The number of ether oxygens (including phenoxy) is 10. The number of hydrogen-bond acceptors (Lipinski definition) is 15. The Morgan fingerprint density at radius 3 is 1.85 bits per heavy atom. The molecule has 5 fully saturated rings. The summed E-state index contributed by atoms with van der Waals surface area (Å²) in [6, 6.07) is 0. The van der Waals surface area contributed by atoms with E-state index in [1.54, 1.807) is 14.2 Å². The van der Waals surface area contributed by atoms with Crippen LogP contribution in [0.2, 0.25) is 54.4 Å². The van der Waals surface area contributed by atoms with E-state index in [0.717, 1.165) is 17.6 Å². The fraction of sp³-hybridized carbons (Fsp3) is 0.864. The van der Waals surface area contributed by atoms with E-state index in [9.17, 15) is 5.11 Å². The maximum absolute atomic E-state index is 15.3. The van der Waals surface area contributed by atoms with Crippen molar-refractivity contribution < 1.29 is 70.5 Å². The second-order valence-electron chi connectivity index (χ2n) is 31.0. The normalized spacial score (nSPS) is 41.8. The van der Waals surface area contributed by atoms with Crippen molar-refractivity contribution in [2.24, 2.45) is 23.7 Å². The van der Waals surface area contributed by atoms with E-state index in [2.05, 4.69) is 148 Å². The van der Waals surface area contributed by atoms with Gasteiger partial charge in [0.2, 0.25) is 0 Å². The molecule has 0 radical (unpaired) electrons. The van der Waals surface area contributed by atoms with Crippen molar-refractivity contribution in [2.75, 3.05) is 20.8 Å². The minimum Gasteiger partial charge on any atom is -0.462 e. The third-order valence-electron chi connectivity index (χ3n) is 21.7. The van der Waals surface area contributed by atoms with E-state index in [1.807, 2.05) is 39.0 Å². The molecule has 1 N–H and O–H groups in total. The average Bonchev–Trinajstić information content (AvgIpc) is 1.51. The molecule has 482 valence electrons. The Labute approximate surface area is 511 Å². The zero-order valence-corrected chi connectivity index (χ0v) is 59.7. The zero-order chi connectivity index (χ0) is 62.7. The molecule has 21 atom stereocenters. The van der Waals surface area contributed by atoms with Crippen LogP contribution < -0.4 is 0 Å². The third kappa shape index (κ3) is 15.0. The molecule has 2 bridgehead atoms. The summed E-state index contributed by atoms with van der Waals surface area (Å²) in [5.41, 5.74) is 0.650. The lowest BCUT2D eigenvalue weighted by molar-refractivity contribution is -0.353. The van der Waals surface area contributed by atoms with Gasteiger partial charge in [0.05, 0.1) is 67.6 Å². The van der Waals surface area contributed by atoms with Gasteiger partial charge in [-0.05, 0) is 111 Å². The van der Waals surface area contributed by atoms with Gasteiger partial charge in [-0.15, -0.1) is 0 Å². The van der Waals surface area contributed by atoms with Crippen molar-refractivity contribution in [1.82, 2.24) is 0 Å². The summed E-state index contributed by atoms with van der Waals surface area (Å²) in [7, 11) is -3.37. The van der Waals surface area contributed by atoms with E-state index in [-0.39, 0.29) is 76.1 Å². The fourth-order valence-corrected chi connectivity index (χ4v) is 17.1. The molecular formula is C66H116O15Si3. The van der Waals surface area contributed by atoms with Crippen molar-refractivity contribution in [3.8, 4) is 0 Å². The van der Waals surface area contributed by atoms with Gasteiger partial charge in [0, 0.05) is 58.2 Å². The van der Waals surface area contributed by atoms with Crippen molar-refractivity contribution >= 4 is 30.9 Å². The molecular weight excluding hydrogens is 1120 g/mol. The topological polar surface area (TPSA) is 157 Å². The molecule has 0 aromatic carbocycles. The Hall–Kier alpha value is -1.44. The quantitative estimate of drug-likeness (QED) is 0.0994. The number of rotatable bonds is 14. The van der Waals surface area contributed by atoms with Crippen LogP contribution in [0.1, 0.15) is 163 Å². The molecule has 6 aliphatic heterocycles. The van der Waals surface area contributed by atoms with E-state index in [1.165, 1.54) is 0 Å². The van der Waals surface area contributed by atoms with E-state index in [0.29, 0.717) is 44.1 Å². The highest BCUT2D eigenvalue weighted by Crippen LogP contribution is 2.52. The number of carbonyl (C=O) groups excluding carboxylic acids is 1. The van der Waals surface area contributed by atoms with E-state index in [4.69, 9.17) is 60.6 Å². The highest BCUT2D eigenvalue weighted by atomic mass is 28.4. The highest BCUT2D eigenvalue weighted by Gasteiger charge is 2.62. The Balaban J connectivity index is 1.23. The Morgan fingerprint density at radius 1 is 0.702 bits per heavy atom. The van der Waals surface area contributed by atoms with Crippen LogP contribution in [0.25, 0.3) is 0 Å². The first-order valence-electron chi connectivity index (χ1n) is 32.1. The molecule has 1 spiro atoms. The maximum Gasteiger partial charge on any atom is 0.316 e. The first-order chi connectivity index (χ1) is 38.7. The lowest BCUT2D eigenvalue weighted by atomic mass is 9.71. The molecule has 0 amide bonds. The minimum atomic E-state index is -2.41. The molecule has 7 aliphatic rings. The first-order valence-corrected chi connectivity index (χ1v) is 40.8. The second kappa shape index (κ2) is 26.4. The summed E-state index contributed by atoms with van der Waals surface area (Å²) in [5.74, 6) is -2.58. The van der Waals surface area contributed by atoms with Crippen molar-refractivity contribution in [1.29, 1.82) is 0 Å². The Kier molecular flexibility index (Phi) is 22.0. The number of allylic oxidation sites excluding steroid dienone is 2. The predicted octanol–water partition coefficient (Wildman–Crippen LogP) is 13.7. The van der Waals surface area contributed by atoms with Gasteiger partial charge < -0.3 is 65.8 Å². The summed E-state index contributed by atoms with van der Waals surface area (Å²) in [4.78, 5) is 15.3. The maximum atomic E-state index is 15.3. The van der Waals surface area contributed by atoms with Crippen LogP contribution >= 0.6 is 0 Å². The van der Waals surface area contributed by atoms with Gasteiger partial charge in [0.25, 0.3) is 0 Å². The van der Waals surface area contributed by atoms with Crippen molar-refractivity contribution in [3.63, 3.8) is 0 Å². The molecule has 84 heavy (non-hydrogen) atoms. The summed E-state index contributed by atoms with van der Waals surface area (Å²) in [6.07, 6.45) is 7.25. The van der Waals surface area contributed by atoms with Crippen LogP contribution in [0.4, 0.5) is 0 Å². The number of hydrogen-bond donors (Lipinski definition) is 1. The lowest BCUT2D eigenvalue weighted by Gasteiger charge is -2.55. The van der Waals surface area contributed by atoms with Crippen LogP contribution in [0, 0.1) is 23.7 Å². The van der Waals surface area contributed by atoms with Gasteiger partial charge in [0.15, 0.2) is 43.3 Å². The van der Waals surface area contributed by atoms with Crippen molar-refractivity contribution in [2.45, 2.75) is 320 Å². The minimum absolute atomic E-state index is 0.0213. The molecule has 1 aliphatic carbocycles. The van der Waals surface area contributed by atoms with Gasteiger partial charge in [-0.25, -0.2) is 0 Å². The molecule has 0 saturated carbocycles. The van der Waals surface area contributed by atoms with Crippen LogP contribution in [0.5, 0.6) is 0 Å². The number of carbonyl (C=O) groups is 1. The molecule has 0 unspecified atom stereocenters. The van der Waals surface area contributed by atoms with Crippen LogP contribution in [0.15, 0.2) is 47.1 Å². The van der Waals surface area contributed by atoms with Crippen LogP contribution in [-0.2, 0) is 65.4 Å². The lowest BCUT2D eigenvalue weighted by Crippen LogP contribution is -2.62. The summed E-state index contributed by atoms with van der Waals surface area (Å²) >= 11 is 0. The smallest absolute Gasteiger partial charge is 0.316 e. The second-order valence-corrected chi connectivity index (χ2v) is 45.3. The number of esters is 1. The van der Waals surface area contributed by atoms with Gasteiger partial charge in [0.1, 0.15) is 29.8 Å². The molecule has 18 heteroatoms. The van der Waals surface area contributed by atoms with Gasteiger partial charge in [-0.2, -0.15) is 0 Å². The zero-order valence-electron chi connectivity index (χ0n) is 56.7. The first kappa shape index (κ1) is 70.0. The summed E-state index contributed by atoms with van der Waals surface area (Å²) < 4.78 is 89.4. The fourth-order valence-electron chi connectivity index (χ4n) is 13.0. The van der Waals surface area contributed by atoms with Crippen LogP contribution in [0.3, 0.4) is 0 Å². The molecule has 15 nitrogen and oxygen atoms in total. The van der Waals surface area contributed by atoms with Gasteiger partial charge in [-0.3, -0.25) is 4.79 Å². The summed E-state index contributed by atoms with van der Waals surface area (Å²) in [5, 5.41) is 13.4.